The smallest absolute Gasteiger partial charge is 0.244 e. The molecular weight excluding hydrogens is 413 g/mol. The lowest BCUT2D eigenvalue weighted by Crippen LogP contribution is -2.51. The van der Waals surface area contributed by atoms with E-state index >= 15 is 0 Å². The van der Waals surface area contributed by atoms with Crippen molar-refractivity contribution >= 4 is 36.5 Å². The molecule has 0 saturated carbocycles. The number of carbonyl (C=O) groups is 1. The van der Waals surface area contributed by atoms with E-state index in [4.69, 9.17) is 4.98 Å². The van der Waals surface area contributed by atoms with Crippen molar-refractivity contribution < 1.29 is 4.79 Å². The van der Waals surface area contributed by atoms with Crippen LogP contribution in [0.25, 0.3) is 0 Å². The Morgan fingerprint density at radius 1 is 1.14 bits per heavy atom. The van der Waals surface area contributed by atoms with Crippen molar-refractivity contribution in [3.05, 3.63) is 35.5 Å². The highest BCUT2D eigenvalue weighted by molar-refractivity contribution is 5.85. The molecule has 0 aromatic carbocycles. The fourth-order valence-corrected chi connectivity index (χ4v) is 3.36. The molecule has 3 heterocycles. The molecule has 0 radical (unpaired) electrons. The first-order chi connectivity index (χ1) is 12.9. The van der Waals surface area contributed by atoms with Gasteiger partial charge in [-0.15, -0.1) is 24.8 Å². The molecule has 8 nitrogen and oxygen atoms in total. The summed E-state index contributed by atoms with van der Waals surface area (Å²) in [6.07, 6.45) is 3.62. The number of likely N-dealkylation sites (N-methyl/N-ethyl adjacent to an activating group) is 1. The minimum absolute atomic E-state index is 0. The summed E-state index contributed by atoms with van der Waals surface area (Å²) in [5.41, 5.74) is 1.87. The summed E-state index contributed by atoms with van der Waals surface area (Å²) in [7, 11) is 3.66. The number of hydrogen-bond donors (Lipinski definition) is 1. The van der Waals surface area contributed by atoms with Gasteiger partial charge in [-0.05, 0) is 14.0 Å². The topological polar surface area (TPSA) is 79.2 Å². The summed E-state index contributed by atoms with van der Waals surface area (Å²) in [6, 6.07) is 1.66. The summed E-state index contributed by atoms with van der Waals surface area (Å²) in [6.45, 7) is 9.10. The van der Waals surface area contributed by atoms with Gasteiger partial charge in [-0.25, -0.2) is 9.97 Å². The Balaban J connectivity index is 0.00000210. The molecule has 162 valence electrons. The molecule has 2 aromatic heterocycles. The van der Waals surface area contributed by atoms with E-state index in [2.05, 4.69) is 34.1 Å². The SMILES string of the molecule is CNC(C(=O)N1CCN(c2cc(C)nc(C(C)C)n2)CC1)c1cnn(C)c1.Cl.Cl. The number of nitrogens with one attached hydrogen (secondary N) is 1. The van der Waals surface area contributed by atoms with Crippen molar-refractivity contribution in [3.63, 3.8) is 0 Å². The Bertz CT molecular complexity index is 804. The first-order valence-electron chi connectivity index (χ1n) is 9.44. The van der Waals surface area contributed by atoms with Crippen molar-refractivity contribution in [1.29, 1.82) is 0 Å². The van der Waals surface area contributed by atoms with Gasteiger partial charge in [0.15, 0.2) is 0 Å². The Labute approximate surface area is 184 Å². The van der Waals surface area contributed by atoms with Crippen molar-refractivity contribution in [2.45, 2.75) is 32.7 Å². The van der Waals surface area contributed by atoms with Gasteiger partial charge in [-0.2, -0.15) is 5.10 Å². The lowest BCUT2D eigenvalue weighted by atomic mass is 10.1. The molecule has 0 bridgehead atoms. The predicted molar refractivity (Wildman–Crippen MR) is 119 cm³/mol. The summed E-state index contributed by atoms with van der Waals surface area (Å²) >= 11 is 0. The average molecular weight is 444 g/mol. The lowest BCUT2D eigenvalue weighted by Gasteiger charge is -2.37. The van der Waals surface area contributed by atoms with E-state index in [0.717, 1.165) is 36.0 Å². The quantitative estimate of drug-likeness (QED) is 0.761. The number of amides is 1. The van der Waals surface area contributed by atoms with Gasteiger partial charge < -0.3 is 15.1 Å². The number of halogens is 2. The first kappa shape index (κ1) is 25.1. The molecule has 0 spiro atoms. The highest BCUT2D eigenvalue weighted by Gasteiger charge is 2.29. The van der Waals surface area contributed by atoms with Gasteiger partial charge in [-0.3, -0.25) is 9.48 Å². The van der Waals surface area contributed by atoms with E-state index in [9.17, 15) is 4.79 Å². The van der Waals surface area contributed by atoms with Gasteiger partial charge in [0.25, 0.3) is 0 Å². The van der Waals surface area contributed by atoms with Gasteiger partial charge in [0.05, 0.1) is 6.20 Å². The molecule has 1 amide bonds. The molecule has 1 aliphatic rings. The van der Waals surface area contributed by atoms with Crippen LogP contribution in [0.1, 0.15) is 42.9 Å². The maximum atomic E-state index is 13.0. The van der Waals surface area contributed by atoms with Gasteiger partial charge in [-0.1, -0.05) is 13.8 Å². The van der Waals surface area contributed by atoms with E-state index in [1.165, 1.54) is 0 Å². The van der Waals surface area contributed by atoms with E-state index in [1.807, 2.05) is 38.2 Å². The van der Waals surface area contributed by atoms with Crippen LogP contribution in [0, 0.1) is 6.92 Å². The van der Waals surface area contributed by atoms with Crippen LogP contribution in [-0.2, 0) is 11.8 Å². The molecule has 3 rings (SSSR count). The Hall–Kier alpha value is -1.90. The number of aryl methyl sites for hydroxylation is 2. The molecule has 29 heavy (non-hydrogen) atoms. The van der Waals surface area contributed by atoms with Crippen LogP contribution in [0.2, 0.25) is 0 Å². The van der Waals surface area contributed by atoms with Crippen molar-refractivity contribution in [2.75, 3.05) is 38.1 Å². The third-order valence-corrected chi connectivity index (χ3v) is 4.88. The number of carbonyl (C=O) groups excluding carboxylic acids is 1. The van der Waals surface area contributed by atoms with E-state index < -0.39 is 0 Å². The molecular formula is C19H31Cl2N7O. The van der Waals surface area contributed by atoms with E-state index in [-0.39, 0.29) is 36.8 Å². The predicted octanol–water partition coefficient (Wildman–Crippen LogP) is 2.09. The van der Waals surface area contributed by atoms with Gasteiger partial charge in [0, 0.05) is 62.7 Å². The second-order valence-electron chi connectivity index (χ2n) is 7.36. The minimum atomic E-state index is -0.362. The fourth-order valence-electron chi connectivity index (χ4n) is 3.36. The first-order valence-corrected chi connectivity index (χ1v) is 9.44. The second-order valence-corrected chi connectivity index (χ2v) is 7.36. The normalized spacial score (nSPS) is 15.0. The zero-order valence-corrected chi connectivity index (χ0v) is 19.3. The van der Waals surface area contributed by atoms with Crippen molar-refractivity contribution in [1.82, 2.24) is 30.0 Å². The van der Waals surface area contributed by atoms with E-state index in [1.54, 1.807) is 10.9 Å². The average Bonchev–Trinajstić information content (AvgIpc) is 3.08. The Morgan fingerprint density at radius 2 is 1.79 bits per heavy atom. The molecule has 2 aromatic rings. The van der Waals surface area contributed by atoms with Crippen molar-refractivity contribution in [2.24, 2.45) is 7.05 Å². The Morgan fingerprint density at radius 3 is 2.31 bits per heavy atom. The summed E-state index contributed by atoms with van der Waals surface area (Å²) in [5.74, 6) is 2.21. The lowest BCUT2D eigenvalue weighted by molar-refractivity contribution is -0.133. The molecule has 1 saturated heterocycles. The number of piperazine rings is 1. The Kier molecular flexibility index (Phi) is 9.32. The standard InChI is InChI=1S/C19H29N7O.2ClH/c1-13(2)18-22-14(3)10-16(23-18)25-6-8-26(9-7-25)19(27)17(20-4)15-11-21-24(5)12-15;;/h10-13,17,20H,6-9H2,1-5H3;2*1H. The number of aromatic nitrogens is 4. The van der Waals surface area contributed by atoms with Crippen LogP contribution in [0.5, 0.6) is 0 Å². The molecule has 1 N–H and O–H groups in total. The number of hydrogen-bond acceptors (Lipinski definition) is 6. The number of rotatable bonds is 5. The van der Waals surface area contributed by atoms with Crippen LogP contribution in [0.4, 0.5) is 5.82 Å². The molecule has 0 aliphatic carbocycles. The molecule has 1 aliphatic heterocycles. The fraction of sp³-hybridized carbons (Fsp3) is 0.579. The third-order valence-electron chi connectivity index (χ3n) is 4.88. The van der Waals surface area contributed by atoms with Crippen LogP contribution in [0.3, 0.4) is 0 Å². The highest BCUT2D eigenvalue weighted by Crippen LogP contribution is 2.20. The van der Waals surface area contributed by atoms with Gasteiger partial charge in [0.2, 0.25) is 5.91 Å². The number of nitrogens with zero attached hydrogens (tertiary/aromatic N) is 6. The molecule has 1 fully saturated rings. The van der Waals surface area contributed by atoms with Crippen molar-refractivity contribution in [3.8, 4) is 0 Å². The molecule has 10 heteroatoms. The van der Waals surface area contributed by atoms with Crippen LogP contribution in [0.15, 0.2) is 18.5 Å². The summed E-state index contributed by atoms with van der Waals surface area (Å²) < 4.78 is 1.72. The second kappa shape index (κ2) is 10.8. The molecule has 1 atom stereocenters. The van der Waals surface area contributed by atoms with Crippen LogP contribution < -0.4 is 10.2 Å². The monoisotopic (exact) mass is 443 g/mol. The largest absolute Gasteiger partial charge is 0.353 e. The van der Waals surface area contributed by atoms with E-state index in [0.29, 0.717) is 19.0 Å². The number of anilines is 1. The van der Waals surface area contributed by atoms with Gasteiger partial charge in [0.1, 0.15) is 17.7 Å². The zero-order valence-electron chi connectivity index (χ0n) is 17.6. The molecule has 1 unspecified atom stereocenters. The summed E-state index contributed by atoms with van der Waals surface area (Å²) in [4.78, 5) is 26.4. The maximum absolute atomic E-state index is 13.0. The maximum Gasteiger partial charge on any atom is 0.244 e. The van der Waals surface area contributed by atoms with Gasteiger partial charge >= 0.3 is 0 Å². The van der Waals surface area contributed by atoms with Crippen LogP contribution >= 0.6 is 24.8 Å². The highest BCUT2D eigenvalue weighted by atomic mass is 35.5. The van der Waals surface area contributed by atoms with Crippen LogP contribution in [-0.4, -0.2) is 63.8 Å². The third kappa shape index (κ3) is 5.81. The minimum Gasteiger partial charge on any atom is -0.353 e. The summed E-state index contributed by atoms with van der Waals surface area (Å²) in [5, 5.41) is 7.30. The zero-order chi connectivity index (χ0) is 19.6.